The molecule has 1 unspecified atom stereocenters. The predicted octanol–water partition coefficient (Wildman–Crippen LogP) is 5.19. The highest BCUT2D eigenvalue weighted by molar-refractivity contribution is 6.04. The van der Waals surface area contributed by atoms with Crippen LogP contribution in [0.4, 0.5) is 11.5 Å². The molecule has 214 valence electrons. The molecule has 10 heteroatoms. The van der Waals surface area contributed by atoms with Crippen molar-refractivity contribution in [1.29, 1.82) is 0 Å². The lowest BCUT2D eigenvalue weighted by Gasteiger charge is -2.35. The Morgan fingerprint density at radius 2 is 1.75 bits per heavy atom. The van der Waals surface area contributed by atoms with Gasteiger partial charge in [-0.25, -0.2) is 0 Å². The number of amides is 3. The van der Waals surface area contributed by atoms with Crippen LogP contribution in [0.5, 0.6) is 11.5 Å². The summed E-state index contributed by atoms with van der Waals surface area (Å²) in [5, 5.41) is 9.48. The number of para-hydroxylation sites is 2. The summed E-state index contributed by atoms with van der Waals surface area (Å²) in [5.74, 6) is 0.686. The van der Waals surface area contributed by atoms with Crippen LogP contribution < -0.4 is 25.0 Å². The Morgan fingerprint density at radius 1 is 1.05 bits per heavy atom. The molecule has 0 spiro atoms. The van der Waals surface area contributed by atoms with Gasteiger partial charge in [-0.05, 0) is 63.9 Å². The molecular formula is C30H38N4O6. The van der Waals surface area contributed by atoms with Gasteiger partial charge in [-0.2, -0.15) is 0 Å². The number of benzene rings is 2. The predicted molar refractivity (Wildman–Crippen MR) is 152 cm³/mol. The number of nitrogens with zero attached hydrogens (tertiary/aromatic N) is 2. The summed E-state index contributed by atoms with van der Waals surface area (Å²) in [4.78, 5) is 42.0. The lowest BCUT2D eigenvalue weighted by atomic mass is 9.97. The minimum atomic E-state index is -1.05. The second kappa shape index (κ2) is 13.6. The first-order valence-electron chi connectivity index (χ1n) is 13.3. The minimum absolute atomic E-state index is 0.130. The molecular weight excluding hydrogens is 512 g/mol. The fourth-order valence-corrected chi connectivity index (χ4v) is 4.02. The standard InChI is InChI=1S/C30H38N4O6/c1-7-30(4,5)32-29(37)28(21-13-15-22(38-6)16-14-21)34(23-11-9-10-12-24(23)39-8-2)27(36)18-17-26(35)31-25-19-20(3)40-33-25/h9-16,19,28H,7-8,17-18H2,1-6H3,(H,32,37)(H,31,33,35). The number of ether oxygens (including phenoxy) is 2. The van der Waals surface area contributed by atoms with Gasteiger partial charge in [0.05, 0.1) is 19.4 Å². The maximum absolute atomic E-state index is 14.0. The number of hydrogen-bond acceptors (Lipinski definition) is 7. The van der Waals surface area contributed by atoms with Gasteiger partial charge in [0.2, 0.25) is 17.7 Å². The first-order chi connectivity index (χ1) is 19.1. The number of methoxy groups -OCH3 is 1. The van der Waals surface area contributed by atoms with E-state index in [4.69, 9.17) is 14.0 Å². The van der Waals surface area contributed by atoms with Gasteiger partial charge in [-0.1, -0.05) is 36.3 Å². The van der Waals surface area contributed by atoms with Crippen molar-refractivity contribution in [3.63, 3.8) is 0 Å². The SMILES string of the molecule is CCOc1ccccc1N(C(=O)CCC(=O)Nc1cc(C)on1)C(C(=O)NC(C)(C)CC)c1ccc(OC)cc1. The molecule has 10 nitrogen and oxygen atoms in total. The van der Waals surface area contributed by atoms with Crippen molar-refractivity contribution >= 4 is 29.2 Å². The second-order valence-corrected chi connectivity index (χ2v) is 9.94. The Kier molecular flexibility index (Phi) is 10.3. The molecule has 1 aromatic heterocycles. The van der Waals surface area contributed by atoms with E-state index in [1.807, 2.05) is 27.7 Å². The van der Waals surface area contributed by atoms with Crippen molar-refractivity contribution in [3.8, 4) is 11.5 Å². The maximum Gasteiger partial charge on any atom is 0.248 e. The van der Waals surface area contributed by atoms with Gasteiger partial charge in [0.1, 0.15) is 23.3 Å². The summed E-state index contributed by atoms with van der Waals surface area (Å²) in [7, 11) is 1.56. The third kappa shape index (κ3) is 7.84. The topological polar surface area (TPSA) is 123 Å². The molecule has 0 fully saturated rings. The zero-order chi connectivity index (χ0) is 29.3. The van der Waals surface area contributed by atoms with E-state index in [-0.39, 0.29) is 24.6 Å². The molecule has 0 aliphatic rings. The van der Waals surface area contributed by atoms with Crippen molar-refractivity contribution in [3.05, 3.63) is 65.9 Å². The molecule has 40 heavy (non-hydrogen) atoms. The summed E-state index contributed by atoms with van der Waals surface area (Å²) in [6.45, 7) is 9.74. The Morgan fingerprint density at radius 3 is 2.35 bits per heavy atom. The number of rotatable bonds is 13. The Hall–Kier alpha value is -4.34. The third-order valence-corrected chi connectivity index (χ3v) is 6.44. The number of nitrogens with one attached hydrogen (secondary N) is 2. The van der Waals surface area contributed by atoms with Crippen molar-refractivity contribution in [2.24, 2.45) is 0 Å². The largest absolute Gasteiger partial charge is 0.497 e. The lowest BCUT2D eigenvalue weighted by Crippen LogP contribution is -2.50. The van der Waals surface area contributed by atoms with E-state index in [9.17, 15) is 14.4 Å². The highest BCUT2D eigenvalue weighted by atomic mass is 16.5. The van der Waals surface area contributed by atoms with E-state index in [1.54, 1.807) is 68.6 Å². The van der Waals surface area contributed by atoms with E-state index in [1.165, 1.54) is 4.90 Å². The van der Waals surface area contributed by atoms with Crippen molar-refractivity contribution in [1.82, 2.24) is 10.5 Å². The first kappa shape index (κ1) is 30.2. The van der Waals surface area contributed by atoms with Crippen molar-refractivity contribution in [2.45, 2.75) is 65.5 Å². The molecule has 0 saturated carbocycles. The molecule has 0 bridgehead atoms. The van der Waals surface area contributed by atoms with Gasteiger partial charge in [0, 0.05) is 24.4 Å². The van der Waals surface area contributed by atoms with Crippen LogP contribution >= 0.6 is 0 Å². The highest BCUT2D eigenvalue weighted by Crippen LogP contribution is 2.36. The molecule has 0 aliphatic carbocycles. The average Bonchev–Trinajstić information content (AvgIpc) is 3.35. The monoisotopic (exact) mass is 550 g/mol. The first-order valence-corrected chi connectivity index (χ1v) is 13.3. The van der Waals surface area contributed by atoms with Crippen LogP contribution in [0.1, 0.15) is 64.3 Å². The summed E-state index contributed by atoms with van der Waals surface area (Å²) in [5.41, 5.74) is 0.477. The van der Waals surface area contributed by atoms with Crippen LogP contribution in [-0.4, -0.2) is 42.1 Å². The molecule has 1 heterocycles. The molecule has 3 aromatic rings. The molecule has 0 radical (unpaired) electrons. The zero-order valence-corrected chi connectivity index (χ0v) is 23.9. The Balaban J connectivity index is 2.03. The van der Waals surface area contributed by atoms with Gasteiger partial charge >= 0.3 is 0 Å². The lowest BCUT2D eigenvalue weighted by molar-refractivity contribution is -0.128. The number of aromatic nitrogens is 1. The number of carbonyl (C=O) groups is 3. The minimum Gasteiger partial charge on any atom is -0.497 e. The Bertz CT molecular complexity index is 1300. The number of aryl methyl sites for hydroxylation is 1. The van der Waals surface area contributed by atoms with E-state index < -0.39 is 23.4 Å². The summed E-state index contributed by atoms with van der Waals surface area (Å²) in [6, 6.07) is 14.6. The molecule has 1 atom stereocenters. The van der Waals surface area contributed by atoms with Gasteiger partial charge in [-0.3, -0.25) is 19.3 Å². The van der Waals surface area contributed by atoms with Gasteiger partial charge < -0.3 is 24.6 Å². The van der Waals surface area contributed by atoms with Crippen LogP contribution in [0.25, 0.3) is 0 Å². The average molecular weight is 551 g/mol. The highest BCUT2D eigenvalue weighted by Gasteiger charge is 2.36. The molecule has 3 rings (SSSR count). The van der Waals surface area contributed by atoms with Crippen LogP contribution in [0.2, 0.25) is 0 Å². The van der Waals surface area contributed by atoms with E-state index in [0.29, 0.717) is 41.5 Å². The molecule has 3 amide bonds. The van der Waals surface area contributed by atoms with Gasteiger partial charge in [0.15, 0.2) is 5.82 Å². The Labute approximate surface area is 235 Å². The van der Waals surface area contributed by atoms with E-state index in [0.717, 1.165) is 0 Å². The summed E-state index contributed by atoms with van der Waals surface area (Å²) >= 11 is 0. The number of hydrogen-bond donors (Lipinski definition) is 2. The van der Waals surface area contributed by atoms with Crippen LogP contribution in [-0.2, 0) is 14.4 Å². The normalized spacial score (nSPS) is 11.8. The van der Waals surface area contributed by atoms with Crippen LogP contribution in [0.15, 0.2) is 59.1 Å². The third-order valence-electron chi connectivity index (χ3n) is 6.44. The fraction of sp³-hybridized carbons (Fsp3) is 0.400. The van der Waals surface area contributed by atoms with Gasteiger partial charge in [-0.15, -0.1) is 0 Å². The zero-order valence-electron chi connectivity index (χ0n) is 23.9. The quantitative estimate of drug-likeness (QED) is 0.300. The van der Waals surface area contributed by atoms with Gasteiger partial charge in [0.25, 0.3) is 0 Å². The molecule has 0 saturated heterocycles. The molecule has 2 N–H and O–H groups in total. The van der Waals surface area contributed by atoms with Crippen molar-refractivity contribution in [2.75, 3.05) is 23.9 Å². The molecule has 2 aromatic carbocycles. The van der Waals surface area contributed by atoms with Crippen LogP contribution in [0, 0.1) is 6.92 Å². The van der Waals surface area contributed by atoms with E-state index in [2.05, 4.69) is 15.8 Å². The van der Waals surface area contributed by atoms with E-state index >= 15 is 0 Å². The summed E-state index contributed by atoms with van der Waals surface area (Å²) in [6.07, 6.45) is 0.384. The van der Waals surface area contributed by atoms with Crippen LogP contribution in [0.3, 0.4) is 0 Å². The maximum atomic E-state index is 14.0. The summed E-state index contributed by atoms with van der Waals surface area (Å²) < 4.78 is 16.2. The number of anilines is 2. The number of carbonyl (C=O) groups excluding carboxylic acids is 3. The second-order valence-electron chi connectivity index (χ2n) is 9.94. The smallest absolute Gasteiger partial charge is 0.248 e. The fourth-order valence-electron chi connectivity index (χ4n) is 4.02. The van der Waals surface area contributed by atoms with Crippen molar-refractivity contribution < 1.29 is 28.4 Å². The molecule has 0 aliphatic heterocycles.